The average Bonchev–Trinajstić information content (AvgIpc) is 2.46. The Bertz CT molecular complexity index is 580. The van der Waals surface area contributed by atoms with Crippen LogP contribution in [-0.4, -0.2) is 40.8 Å². The zero-order valence-electron chi connectivity index (χ0n) is 11.6. The second-order valence-electron chi connectivity index (χ2n) is 5.15. The molecule has 0 aromatic heterocycles. The van der Waals surface area contributed by atoms with Crippen molar-refractivity contribution < 1.29 is 17.9 Å². The summed E-state index contributed by atoms with van der Waals surface area (Å²) < 4.78 is 27.6. The van der Waals surface area contributed by atoms with E-state index in [1.807, 2.05) is 12.1 Å². The Morgan fingerprint density at radius 3 is 2.45 bits per heavy atom. The number of carbonyl (C=O) groups excluding carboxylic acids is 1. The summed E-state index contributed by atoms with van der Waals surface area (Å²) >= 11 is 0. The van der Waals surface area contributed by atoms with Gasteiger partial charge in [-0.1, -0.05) is 12.1 Å². The van der Waals surface area contributed by atoms with Crippen molar-refractivity contribution in [2.24, 2.45) is 5.92 Å². The Labute approximate surface area is 119 Å². The van der Waals surface area contributed by atoms with Crippen LogP contribution in [0.15, 0.2) is 29.2 Å². The van der Waals surface area contributed by atoms with Crippen molar-refractivity contribution >= 4 is 15.8 Å². The molecule has 110 valence electrons. The molecule has 20 heavy (non-hydrogen) atoms. The molecule has 0 aliphatic carbocycles. The van der Waals surface area contributed by atoms with Crippen LogP contribution >= 0.6 is 0 Å². The Balaban J connectivity index is 2.13. The van der Waals surface area contributed by atoms with Crippen molar-refractivity contribution in [1.82, 2.24) is 5.32 Å². The van der Waals surface area contributed by atoms with E-state index >= 15 is 0 Å². The van der Waals surface area contributed by atoms with Gasteiger partial charge in [0.1, 0.15) is 0 Å². The molecular weight excluding hydrogens is 278 g/mol. The lowest BCUT2D eigenvalue weighted by Crippen LogP contribution is -2.39. The third-order valence-corrected chi connectivity index (χ3v) is 4.79. The van der Waals surface area contributed by atoms with Crippen molar-refractivity contribution in [3.05, 3.63) is 29.8 Å². The summed E-state index contributed by atoms with van der Waals surface area (Å²) in [6.07, 6.45) is 1.91. The molecule has 0 bridgehead atoms. The van der Waals surface area contributed by atoms with Gasteiger partial charge in [-0.3, -0.25) is 4.79 Å². The van der Waals surface area contributed by atoms with Gasteiger partial charge in [-0.05, 0) is 30.0 Å². The number of carbonyl (C=O) groups is 1. The molecule has 2 rings (SSSR count). The lowest BCUT2D eigenvalue weighted by Gasteiger charge is -2.28. The number of methoxy groups -OCH3 is 1. The zero-order chi connectivity index (χ0) is 14.8. The lowest BCUT2D eigenvalue weighted by molar-refractivity contribution is -0.146. The first-order valence-electron chi connectivity index (χ1n) is 6.50. The molecule has 0 saturated carbocycles. The molecular formula is C14H19NO4S. The fourth-order valence-corrected chi connectivity index (χ4v) is 3.16. The standard InChI is InChI=1S/C14H19NO4S/c1-19-14(16)12-7-11(8-15-9-12)10-3-5-13(6-4-10)20(2,17)18/h3-6,11-12,15H,7-9H2,1-2H3. The quantitative estimate of drug-likeness (QED) is 0.841. The first-order chi connectivity index (χ1) is 9.41. The number of ether oxygens (including phenoxy) is 1. The van der Waals surface area contributed by atoms with E-state index in [2.05, 4.69) is 5.32 Å². The van der Waals surface area contributed by atoms with E-state index in [0.717, 1.165) is 18.5 Å². The van der Waals surface area contributed by atoms with Crippen LogP contribution in [0.25, 0.3) is 0 Å². The Morgan fingerprint density at radius 2 is 1.90 bits per heavy atom. The number of sulfone groups is 1. The first kappa shape index (κ1) is 15.0. The number of hydrogen-bond donors (Lipinski definition) is 1. The summed E-state index contributed by atoms with van der Waals surface area (Å²) in [6, 6.07) is 6.88. The minimum absolute atomic E-state index is 0.145. The van der Waals surface area contributed by atoms with E-state index < -0.39 is 9.84 Å². The molecule has 1 aliphatic heterocycles. The maximum Gasteiger partial charge on any atom is 0.309 e. The van der Waals surface area contributed by atoms with Gasteiger partial charge in [0.15, 0.2) is 9.84 Å². The van der Waals surface area contributed by atoms with Crippen LogP contribution < -0.4 is 5.32 Å². The Morgan fingerprint density at radius 1 is 1.25 bits per heavy atom. The minimum atomic E-state index is -3.17. The van der Waals surface area contributed by atoms with E-state index in [4.69, 9.17) is 4.74 Å². The molecule has 1 aromatic carbocycles. The number of rotatable bonds is 3. The number of piperidine rings is 1. The van der Waals surface area contributed by atoms with E-state index in [0.29, 0.717) is 11.4 Å². The highest BCUT2D eigenvalue weighted by Crippen LogP contribution is 2.27. The van der Waals surface area contributed by atoms with Crippen LogP contribution in [0.1, 0.15) is 17.9 Å². The van der Waals surface area contributed by atoms with Gasteiger partial charge in [0, 0.05) is 19.3 Å². The van der Waals surface area contributed by atoms with Crippen LogP contribution in [0, 0.1) is 5.92 Å². The van der Waals surface area contributed by atoms with Gasteiger partial charge >= 0.3 is 5.97 Å². The maximum atomic E-state index is 11.6. The predicted octanol–water partition coefficient (Wildman–Crippen LogP) is 0.956. The van der Waals surface area contributed by atoms with E-state index in [1.165, 1.54) is 13.4 Å². The maximum absolute atomic E-state index is 11.6. The van der Waals surface area contributed by atoms with Crippen LogP contribution in [0.4, 0.5) is 0 Å². The van der Waals surface area contributed by atoms with Gasteiger partial charge in [-0.15, -0.1) is 0 Å². The Hall–Kier alpha value is -1.40. The number of nitrogens with one attached hydrogen (secondary N) is 1. The largest absolute Gasteiger partial charge is 0.469 e. The fraction of sp³-hybridized carbons (Fsp3) is 0.500. The van der Waals surface area contributed by atoms with Crippen molar-refractivity contribution in [1.29, 1.82) is 0 Å². The molecule has 5 nitrogen and oxygen atoms in total. The van der Waals surface area contributed by atoms with Crippen molar-refractivity contribution in [2.45, 2.75) is 17.2 Å². The van der Waals surface area contributed by atoms with Crippen LogP contribution in [0.2, 0.25) is 0 Å². The van der Waals surface area contributed by atoms with Gasteiger partial charge < -0.3 is 10.1 Å². The molecule has 1 N–H and O–H groups in total. The van der Waals surface area contributed by atoms with Gasteiger partial charge in [-0.2, -0.15) is 0 Å². The normalized spacial score (nSPS) is 23.3. The molecule has 0 amide bonds. The van der Waals surface area contributed by atoms with Crippen LogP contribution in [0.3, 0.4) is 0 Å². The third kappa shape index (κ3) is 3.37. The topological polar surface area (TPSA) is 72.5 Å². The van der Waals surface area contributed by atoms with Gasteiger partial charge in [0.05, 0.1) is 17.9 Å². The zero-order valence-corrected chi connectivity index (χ0v) is 12.4. The summed E-state index contributed by atoms with van der Waals surface area (Å²) in [7, 11) is -1.77. The molecule has 0 radical (unpaired) electrons. The second-order valence-corrected chi connectivity index (χ2v) is 7.17. The molecule has 2 unspecified atom stereocenters. The van der Waals surface area contributed by atoms with Crippen molar-refractivity contribution in [2.75, 3.05) is 26.5 Å². The molecule has 2 atom stereocenters. The smallest absolute Gasteiger partial charge is 0.309 e. The second kappa shape index (κ2) is 5.93. The van der Waals surface area contributed by atoms with Gasteiger partial charge in [0.25, 0.3) is 0 Å². The average molecular weight is 297 g/mol. The monoisotopic (exact) mass is 297 g/mol. The summed E-state index contributed by atoms with van der Waals surface area (Å²) in [5, 5.41) is 3.22. The number of esters is 1. The summed E-state index contributed by atoms with van der Waals surface area (Å²) in [5.74, 6) is -0.148. The molecule has 1 saturated heterocycles. The predicted molar refractivity (Wildman–Crippen MR) is 75.3 cm³/mol. The van der Waals surface area contributed by atoms with Crippen LogP contribution in [-0.2, 0) is 19.4 Å². The Kier molecular flexibility index (Phi) is 4.45. The number of hydrogen-bond acceptors (Lipinski definition) is 5. The highest BCUT2D eigenvalue weighted by atomic mass is 32.2. The first-order valence-corrected chi connectivity index (χ1v) is 8.39. The fourth-order valence-electron chi connectivity index (χ4n) is 2.53. The molecule has 0 spiro atoms. The highest BCUT2D eigenvalue weighted by molar-refractivity contribution is 7.90. The van der Waals surface area contributed by atoms with E-state index in [-0.39, 0.29) is 17.8 Å². The summed E-state index contributed by atoms with van der Waals surface area (Å²) in [6.45, 7) is 1.41. The molecule has 1 aliphatic rings. The number of benzene rings is 1. The molecule has 6 heteroatoms. The highest BCUT2D eigenvalue weighted by Gasteiger charge is 2.28. The minimum Gasteiger partial charge on any atom is -0.469 e. The van der Waals surface area contributed by atoms with Gasteiger partial charge in [-0.25, -0.2) is 8.42 Å². The van der Waals surface area contributed by atoms with E-state index in [9.17, 15) is 13.2 Å². The van der Waals surface area contributed by atoms with Crippen LogP contribution in [0.5, 0.6) is 0 Å². The summed E-state index contributed by atoms with van der Waals surface area (Å²) in [5.41, 5.74) is 1.04. The lowest BCUT2D eigenvalue weighted by atomic mass is 9.85. The summed E-state index contributed by atoms with van der Waals surface area (Å²) in [4.78, 5) is 11.9. The molecule has 1 aromatic rings. The third-order valence-electron chi connectivity index (χ3n) is 3.66. The SMILES string of the molecule is COC(=O)C1CNCC(c2ccc(S(C)(=O)=O)cc2)C1. The van der Waals surface area contributed by atoms with Crippen molar-refractivity contribution in [3.8, 4) is 0 Å². The van der Waals surface area contributed by atoms with Crippen molar-refractivity contribution in [3.63, 3.8) is 0 Å². The van der Waals surface area contributed by atoms with Gasteiger partial charge in [0.2, 0.25) is 0 Å². The molecule has 1 heterocycles. The van der Waals surface area contributed by atoms with E-state index in [1.54, 1.807) is 12.1 Å². The molecule has 1 fully saturated rings.